The summed E-state index contributed by atoms with van der Waals surface area (Å²) in [6.07, 6.45) is -0.198. The SMILES string of the molecule is COc1ccc2c(c1)C(=O)C1=C(C2=O)C(C)(C)[C@H](C)O1. The third-order valence-corrected chi connectivity index (χ3v) is 4.33. The molecule has 104 valence electrons. The maximum atomic E-state index is 12.7. The van der Waals surface area contributed by atoms with Gasteiger partial charge in [0.15, 0.2) is 11.5 Å². The van der Waals surface area contributed by atoms with Crippen LogP contribution in [0.15, 0.2) is 29.5 Å². The highest BCUT2D eigenvalue weighted by atomic mass is 16.5. The lowest BCUT2D eigenvalue weighted by Gasteiger charge is -2.25. The van der Waals surface area contributed by atoms with Gasteiger partial charge in [0, 0.05) is 16.5 Å². The van der Waals surface area contributed by atoms with Crippen molar-refractivity contribution in [1.29, 1.82) is 0 Å². The number of allylic oxidation sites excluding steroid dienone is 1. The molecule has 2 aliphatic rings. The number of carbonyl (C=O) groups is 2. The van der Waals surface area contributed by atoms with Crippen LogP contribution >= 0.6 is 0 Å². The molecule has 0 spiro atoms. The van der Waals surface area contributed by atoms with E-state index in [4.69, 9.17) is 9.47 Å². The van der Waals surface area contributed by atoms with Gasteiger partial charge in [-0.15, -0.1) is 0 Å². The van der Waals surface area contributed by atoms with Gasteiger partial charge in [-0.3, -0.25) is 9.59 Å². The number of hydrogen-bond donors (Lipinski definition) is 0. The highest BCUT2D eigenvalue weighted by Gasteiger charge is 2.49. The minimum Gasteiger partial charge on any atom is -0.497 e. The molecule has 0 saturated carbocycles. The molecule has 20 heavy (non-hydrogen) atoms. The van der Waals surface area contributed by atoms with Gasteiger partial charge in [0.1, 0.15) is 11.9 Å². The molecule has 0 bridgehead atoms. The molecule has 0 aromatic heterocycles. The van der Waals surface area contributed by atoms with E-state index in [0.29, 0.717) is 22.4 Å². The van der Waals surface area contributed by atoms with Crippen LogP contribution < -0.4 is 4.74 Å². The van der Waals surface area contributed by atoms with E-state index in [1.807, 2.05) is 20.8 Å². The standard InChI is InChI=1S/C16H16O4/c1-8-16(2,3)12-13(17)10-6-5-9(19-4)7-11(10)14(18)15(12)20-8/h5-8H,1-4H3/t8-/m0/s1. The highest BCUT2D eigenvalue weighted by Crippen LogP contribution is 2.47. The Hall–Kier alpha value is -2.10. The van der Waals surface area contributed by atoms with Crippen LogP contribution in [0, 0.1) is 5.41 Å². The zero-order valence-corrected chi connectivity index (χ0v) is 11.9. The molecule has 1 atom stereocenters. The predicted molar refractivity (Wildman–Crippen MR) is 73.0 cm³/mol. The van der Waals surface area contributed by atoms with Gasteiger partial charge < -0.3 is 9.47 Å². The third kappa shape index (κ3) is 1.48. The van der Waals surface area contributed by atoms with Crippen LogP contribution in [-0.4, -0.2) is 24.8 Å². The lowest BCUT2D eigenvalue weighted by Crippen LogP contribution is -2.29. The van der Waals surface area contributed by atoms with Gasteiger partial charge in [-0.05, 0) is 25.1 Å². The summed E-state index contributed by atoms with van der Waals surface area (Å²) < 4.78 is 10.8. The number of ether oxygens (including phenoxy) is 2. The molecule has 1 aliphatic carbocycles. The zero-order valence-electron chi connectivity index (χ0n) is 11.9. The van der Waals surface area contributed by atoms with Crippen molar-refractivity contribution in [1.82, 2.24) is 0 Å². The Morgan fingerprint density at radius 3 is 2.50 bits per heavy atom. The number of ketones is 2. The number of fused-ring (bicyclic) bond motifs is 1. The van der Waals surface area contributed by atoms with Crippen LogP contribution in [0.2, 0.25) is 0 Å². The average molecular weight is 272 g/mol. The van der Waals surface area contributed by atoms with Crippen molar-refractivity contribution >= 4 is 11.6 Å². The summed E-state index contributed by atoms with van der Waals surface area (Å²) in [6.45, 7) is 5.74. The molecule has 1 aromatic rings. The lowest BCUT2D eigenvalue weighted by atomic mass is 9.74. The quantitative estimate of drug-likeness (QED) is 0.788. The maximum Gasteiger partial charge on any atom is 0.228 e. The Kier molecular flexibility index (Phi) is 2.55. The lowest BCUT2D eigenvalue weighted by molar-refractivity contribution is 0.0722. The van der Waals surface area contributed by atoms with E-state index >= 15 is 0 Å². The summed E-state index contributed by atoms with van der Waals surface area (Å²) in [5.41, 5.74) is 0.825. The van der Waals surface area contributed by atoms with Gasteiger partial charge in [-0.2, -0.15) is 0 Å². The first-order valence-electron chi connectivity index (χ1n) is 6.56. The Morgan fingerprint density at radius 2 is 1.85 bits per heavy atom. The van der Waals surface area contributed by atoms with Crippen LogP contribution in [0.5, 0.6) is 5.75 Å². The molecule has 0 N–H and O–H groups in total. The largest absolute Gasteiger partial charge is 0.497 e. The van der Waals surface area contributed by atoms with Crippen LogP contribution in [0.4, 0.5) is 0 Å². The molecule has 3 rings (SSSR count). The van der Waals surface area contributed by atoms with Crippen LogP contribution in [0.3, 0.4) is 0 Å². The second-order valence-electron chi connectivity index (χ2n) is 5.76. The van der Waals surface area contributed by atoms with E-state index in [-0.39, 0.29) is 23.4 Å². The second-order valence-corrected chi connectivity index (χ2v) is 5.76. The van der Waals surface area contributed by atoms with E-state index in [1.165, 1.54) is 7.11 Å². The summed E-state index contributed by atoms with van der Waals surface area (Å²) in [6, 6.07) is 4.94. The Labute approximate surface area is 117 Å². The van der Waals surface area contributed by atoms with Gasteiger partial charge in [-0.25, -0.2) is 0 Å². The summed E-state index contributed by atoms with van der Waals surface area (Å²) in [4.78, 5) is 25.2. The van der Waals surface area contributed by atoms with Gasteiger partial charge in [0.05, 0.1) is 12.7 Å². The van der Waals surface area contributed by atoms with Crippen molar-refractivity contribution < 1.29 is 19.1 Å². The van der Waals surface area contributed by atoms with Crippen molar-refractivity contribution in [3.05, 3.63) is 40.7 Å². The molecule has 0 amide bonds. The molecule has 0 radical (unpaired) electrons. The minimum absolute atomic E-state index is 0.119. The van der Waals surface area contributed by atoms with Gasteiger partial charge >= 0.3 is 0 Å². The molecular formula is C16H16O4. The number of benzene rings is 1. The number of methoxy groups -OCH3 is 1. The predicted octanol–water partition coefficient (Wildman–Crippen LogP) is 2.77. The van der Waals surface area contributed by atoms with Gasteiger partial charge in [0.2, 0.25) is 5.78 Å². The molecular weight excluding hydrogens is 256 g/mol. The number of rotatable bonds is 1. The molecule has 0 unspecified atom stereocenters. The van der Waals surface area contributed by atoms with Crippen molar-refractivity contribution in [3.63, 3.8) is 0 Å². The van der Waals surface area contributed by atoms with Crippen LogP contribution in [0.25, 0.3) is 0 Å². The van der Waals surface area contributed by atoms with E-state index in [2.05, 4.69) is 0 Å². The fraction of sp³-hybridized carbons (Fsp3) is 0.375. The van der Waals surface area contributed by atoms with E-state index < -0.39 is 5.41 Å². The minimum atomic E-state index is -0.459. The maximum absolute atomic E-state index is 12.7. The monoisotopic (exact) mass is 272 g/mol. The van der Waals surface area contributed by atoms with Gasteiger partial charge in [0.25, 0.3) is 0 Å². The second kappa shape index (κ2) is 3.95. The first kappa shape index (κ1) is 12.9. The van der Waals surface area contributed by atoms with Crippen LogP contribution in [0.1, 0.15) is 41.5 Å². The van der Waals surface area contributed by atoms with Gasteiger partial charge in [-0.1, -0.05) is 13.8 Å². The number of carbonyl (C=O) groups excluding carboxylic acids is 2. The van der Waals surface area contributed by atoms with Crippen molar-refractivity contribution in [2.45, 2.75) is 26.9 Å². The summed E-state index contributed by atoms with van der Waals surface area (Å²) >= 11 is 0. The van der Waals surface area contributed by atoms with Crippen molar-refractivity contribution in [2.24, 2.45) is 5.41 Å². The van der Waals surface area contributed by atoms with E-state index in [1.54, 1.807) is 18.2 Å². The Balaban J connectivity index is 2.21. The first-order chi connectivity index (χ1) is 9.37. The molecule has 1 aliphatic heterocycles. The summed E-state index contributed by atoms with van der Waals surface area (Å²) in [5, 5.41) is 0. The van der Waals surface area contributed by atoms with Crippen LogP contribution in [-0.2, 0) is 4.74 Å². The zero-order chi connectivity index (χ0) is 14.7. The smallest absolute Gasteiger partial charge is 0.228 e. The molecule has 1 aromatic carbocycles. The highest BCUT2D eigenvalue weighted by molar-refractivity contribution is 6.27. The molecule has 1 heterocycles. The normalized spacial score (nSPS) is 23.3. The molecule has 4 heteroatoms. The van der Waals surface area contributed by atoms with E-state index in [9.17, 15) is 9.59 Å². The molecule has 0 saturated heterocycles. The first-order valence-corrected chi connectivity index (χ1v) is 6.56. The summed E-state index contributed by atoms with van der Waals surface area (Å²) in [5.74, 6) is 0.407. The number of Topliss-reactive ketones (excluding diaryl/α,β-unsaturated/α-hetero) is 2. The summed E-state index contributed by atoms with van der Waals surface area (Å²) in [7, 11) is 1.53. The van der Waals surface area contributed by atoms with Crippen molar-refractivity contribution in [3.8, 4) is 5.75 Å². The number of hydrogen-bond acceptors (Lipinski definition) is 4. The Bertz CT molecular complexity index is 667. The van der Waals surface area contributed by atoms with E-state index in [0.717, 1.165) is 0 Å². The molecule has 0 fully saturated rings. The third-order valence-electron chi connectivity index (χ3n) is 4.33. The fourth-order valence-electron chi connectivity index (χ4n) is 2.73. The average Bonchev–Trinajstić information content (AvgIpc) is 2.66. The van der Waals surface area contributed by atoms with Crippen molar-refractivity contribution in [2.75, 3.05) is 7.11 Å². The topological polar surface area (TPSA) is 52.6 Å². The fourth-order valence-corrected chi connectivity index (χ4v) is 2.73. The Morgan fingerprint density at radius 1 is 1.15 bits per heavy atom. The molecule has 4 nitrogen and oxygen atoms in total.